The van der Waals surface area contributed by atoms with Crippen LogP contribution in [0.1, 0.15) is 35.5 Å². The van der Waals surface area contributed by atoms with E-state index in [2.05, 4.69) is 33.3 Å². The van der Waals surface area contributed by atoms with Gasteiger partial charge in [-0.2, -0.15) is 5.10 Å². The summed E-state index contributed by atoms with van der Waals surface area (Å²) in [5.41, 5.74) is 2.74. The molecular weight excluding hydrogens is 318 g/mol. The van der Waals surface area contributed by atoms with E-state index in [-0.39, 0.29) is 5.91 Å². The van der Waals surface area contributed by atoms with Gasteiger partial charge in [-0.15, -0.1) is 0 Å². The fourth-order valence-electron chi connectivity index (χ4n) is 1.88. The van der Waals surface area contributed by atoms with Gasteiger partial charge in [-0.1, -0.05) is 19.1 Å². The summed E-state index contributed by atoms with van der Waals surface area (Å²) < 4.78 is 2.75. The van der Waals surface area contributed by atoms with Gasteiger partial charge in [0.15, 0.2) is 0 Å². The van der Waals surface area contributed by atoms with Crippen LogP contribution in [0.4, 0.5) is 0 Å². The molecule has 2 aromatic rings. The standard InChI is InChI=1S/C15H18BrN3O/c1-3-11-5-7-12(8-6-11)15(20)17-9-14-13(16)10-19(4-2)18-14/h5-8,10H,3-4,9H2,1-2H3,(H,17,20). The van der Waals surface area contributed by atoms with E-state index in [4.69, 9.17) is 0 Å². The quantitative estimate of drug-likeness (QED) is 0.912. The van der Waals surface area contributed by atoms with Crippen molar-refractivity contribution in [3.05, 3.63) is 51.8 Å². The lowest BCUT2D eigenvalue weighted by molar-refractivity contribution is 0.0950. The van der Waals surface area contributed by atoms with E-state index < -0.39 is 0 Å². The van der Waals surface area contributed by atoms with Crippen molar-refractivity contribution in [2.45, 2.75) is 33.4 Å². The lowest BCUT2D eigenvalue weighted by Crippen LogP contribution is -2.23. The van der Waals surface area contributed by atoms with E-state index in [9.17, 15) is 4.79 Å². The highest BCUT2D eigenvalue weighted by atomic mass is 79.9. The molecule has 0 bridgehead atoms. The highest BCUT2D eigenvalue weighted by molar-refractivity contribution is 9.10. The first kappa shape index (κ1) is 14.8. The number of nitrogens with zero attached hydrogens (tertiary/aromatic N) is 2. The van der Waals surface area contributed by atoms with Crippen molar-refractivity contribution >= 4 is 21.8 Å². The average Bonchev–Trinajstić information content (AvgIpc) is 2.85. The lowest BCUT2D eigenvalue weighted by Gasteiger charge is -2.04. The van der Waals surface area contributed by atoms with E-state index in [1.165, 1.54) is 5.56 Å². The summed E-state index contributed by atoms with van der Waals surface area (Å²) in [6.45, 7) is 5.35. The summed E-state index contributed by atoms with van der Waals surface area (Å²) in [5.74, 6) is -0.0781. The number of aryl methyl sites for hydroxylation is 2. The molecule has 0 fully saturated rings. The molecule has 0 atom stereocenters. The molecule has 2 rings (SSSR count). The molecule has 4 nitrogen and oxygen atoms in total. The second kappa shape index (κ2) is 6.70. The van der Waals surface area contributed by atoms with Crippen molar-refractivity contribution in [3.8, 4) is 0 Å². The highest BCUT2D eigenvalue weighted by Gasteiger charge is 2.09. The van der Waals surface area contributed by atoms with Crippen LogP contribution < -0.4 is 5.32 Å². The van der Waals surface area contributed by atoms with Crippen LogP contribution in [0.15, 0.2) is 34.9 Å². The summed E-state index contributed by atoms with van der Waals surface area (Å²) >= 11 is 3.45. The van der Waals surface area contributed by atoms with Gasteiger partial charge in [0, 0.05) is 18.3 Å². The zero-order chi connectivity index (χ0) is 14.5. The van der Waals surface area contributed by atoms with Gasteiger partial charge in [0.25, 0.3) is 5.91 Å². The van der Waals surface area contributed by atoms with Crippen LogP contribution >= 0.6 is 15.9 Å². The molecule has 0 saturated carbocycles. The largest absolute Gasteiger partial charge is 0.346 e. The topological polar surface area (TPSA) is 46.9 Å². The van der Waals surface area contributed by atoms with Gasteiger partial charge in [0.2, 0.25) is 0 Å². The summed E-state index contributed by atoms with van der Waals surface area (Å²) in [5, 5.41) is 7.26. The Hall–Kier alpha value is -1.62. The number of halogens is 1. The molecule has 1 aromatic carbocycles. The predicted molar refractivity (Wildman–Crippen MR) is 82.6 cm³/mol. The number of hydrogen-bond acceptors (Lipinski definition) is 2. The molecule has 0 unspecified atom stereocenters. The molecular formula is C15H18BrN3O. The molecule has 106 valence electrons. The number of nitrogens with one attached hydrogen (secondary N) is 1. The molecule has 0 aliphatic heterocycles. The van der Waals surface area contributed by atoms with Crippen molar-refractivity contribution < 1.29 is 4.79 Å². The summed E-state index contributed by atoms with van der Waals surface area (Å²) in [6.07, 6.45) is 2.89. The SMILES string of the molecule is CCc1ccc(C(=O)NCc2nn(CC)cc2Br)cc1. The molecule has 0 radical (unpaired) electrons. The van der Waals surface area contributed by atoms with Crippen LogP contribution in [0.25, 0.3) is 0 Å². The zero-order valence-corrected chi connectivity index (χ0v) is 13.3. The van der Waals surface area contributed by atoms with Crippen molar-refractivity contribution in [2.24, 2.45) is 0 Å². The van der Waals surface area contributed by atoms with E-state index in [1.807, 2.05) is 42.1 Å². The van der Waals surface area contributed by atoms with Gasteiger partial charge in [0.05, 0.1) is 16.7 Å². The van der Waals surface area contributed by atoms with E-state index in [1.54, 1.807) is 0 Å². The van der Waals surface area contributed by atoms with Gasteiger partial charge in [0.1, 0.15) is 0 Å². The molecule has 1 N–H and O–H groups in total. The maximum absolute atomic E-state index is 12.0. The number of benzene rings is 1. The molecule has 0 aliphatic rings. The van der Waals surface area contributed by atoms with E-state index in [0.717, 1.165) is 23.1 Å². The van der Waals surface area contributed by atoms with Gasteiger partial charge in [-0.25, -0.2) is 0 Å². The third-order valence-corrected chi connectivity index (χ3v) is 3.81. The number of carbonyl (C=O) groups is 1. The van der Waals surface area contributed by atoms with E-state index >= 15 is 0 Å². The Bertz CT molecular complexity index is 590. The number of carbonyl (C=O) groups excluding carboxylic acids is 1. The monoisotopic (exact) mass is 335 g/mol. The number of aromatic nitrogens is 2. The minimum Gasteiger partial charge on any atom is -0.346 e. The number of hydrogen-bond donors (Lipinski definition) is 1. The maximum Gasteiger partial charge on any atom is 0.251 e. The van der Waals surface area contributed by atoms with Crippen LogP contribution in [-0.2, 0) is 19.5 Å². The first-order valence-electron chi connectivity index (χ1n) is 6.73. The highest BCUT2D eigenvalue weighted by Crippen LogP contribution is 2.14. The smallest absolute Gasteiger partial charge is 0.251 e. The Morgan fingerprint density at radius 1 is 1.30 bits per heavy atom. The van der Waals surface area contributed by atoms with Crippen LogP contribution in [-0.4, -0.2) is 15.7 Å². The third-order valence-electron chi connectivity index (χ3n) is 3.15. The Labute approximate surface area is 127 Å². The minimum atomic E-state index is -0.0781. The van der Waals surface area contributed by atoms with Gasteiger partial charge in [-0.3, -0.25) is 9.48 Å². The maximum atomic E-state index is 12.0. The fourth-order valence-corrected chi connectivity index (χ4v) is 2.33. The van der Waals surface area contributed by atoms with Crippen LogP contribution in [0.5, 0.6) is 0 Å². The molecule has 20 heavy (non-hydrogen) atoms. The third kappa shape index (κ3) is 3.48. The van der Waals surface area contributed by atoms with Crippen LogP contribution in [0.2, 0.25) is 0 Å². The predicted octanol–water partition coefficient (Wildman–Crippen LogP) is 3.16. The van der Waals surface area contributed by atoms with Crippen LogP contribution in [0.3, 0.4) is 0 Å². The van der Waals surface area contributed by atoms with Crippen molar-refractivity contribution in [3.63, 3.8) is 0 Å². The molecule has 5 heteroatoms. The first-order chi connectivity index (χ1) is 9.63. The van der Waals surface area contributed by atoms with Gasteiger partial charge >= 0.3 is 0 Å². The fraction of sp³-hybridized carbons (Fsp3) is 0.333. The summed E-state index contributed by atoms with van der Waals surface area (Å²) in [7, 11) is 0. The minimum absolute atomic E-state index is 0.0781. The Kier molecular flexibility index (Phi) is 4.95. The molecule has 0 saturated heterocycles. The molecule has 0 aliphatic carbocycles. The molecule has 0 spiro atoms. The van der Waals surface area contributed by atoms with Crippen molar-refractivity contribution in [1.29, 1.82) is 0 Å². The second-order valence-electron chi connectivity index (χ2n) is 4.51. The number of rotatable bonds is 5. The summed E-state index contributed by atoms with van der Waals surface area (Å²) in [6, 6.07) is 7.68. The average molecular weight is 336 g/mol. The Morgan fingerprint density at radius 2 is 2.00 bits per heavy atom. The summed E-state index contributed by atoms with van der Waals surface area (Å²) in [4.78, 5) is 12.0. The zero-order valence-electron chi connectivity index (χ0n) is 11.7. The van der Waals surface area contributed by atoms with Gasteiger partial charge in [-0.05, 0) is 47.0 Å². The molecule has 1 aromatic heterocycles. The van der Waals surface area contributed by atoms with Crippen molar-refractivity contribution in [1.82, 2.24) is 15.1 Å². The molecule has 1 amide bonds. The van der Waals surface area contributed by atoms with Crippen LogP contribution in [0, 0.1) is 0 Å². The lowest BCUT2D eigenvalue weighted by atomic mass is 10.1. The molecule has 1 heterocycles. The first-order valence-corrected chi connectivity index (χ1v) is 7.52. The Morgan fingerprint density at radius 3 is 2.55 bits per heavy atom. The number of amides is 1. The van der Waals surface area contributed by atoms with E-state index in [0.29, 0.717) is 12.1 Å². The Balaban J connectivity index is 1.98. The second-order valence-corrected chi connectivity index (χ2v) is 5.37. The van der Waals surface area contributed by atoms with Crippen molar-refractivity contribution in [2.75, 3.05) is 0 Å². The van der Waals surface area contributed by atoms with Gasteiger partial charge < -0.3 is 5.32 Å². The normalized spacial score (nSPS) is 10.6.